The number of hydrogen-bond donors (Lipinski definition) is 2. The molecule has 24 heavy (non-hydrogen) atoms. The van der Waals surface area contributed by atoms with Gasteiger partial charge in [0.25, 0.3) is 0 Å². The van der Waals surface area contributed by atoms with Crippen LogP contribution in [-0.2, 0) is 9.53 Å². The van der Waals surface area contributed by atoms with Crippen molar-refractivity contribution in [1.29, 1.82) is 0 Å². The molecule has 0 saturated heterocycles. The number of carbonyl (C=O) groups is 2. The molecule has 0 bridgehead atoms. The van der Waals surface area contributed by atoms with Crippen LogP contribution < -0.4 is 5.32 Å². The maximum Gasteiger partial charge on any atom is 0.340 e. The Labute approximate surface area is 143 Å². The van der Waals surface area contributed by atoms with E-state index in [1.54, 1.807) is 6.07 Å². The van der Waals surface area contributed by atoms with Crippen molar-refractivity contribution in [2.24, 2.45) is 0 Å². The fourth-order valence-electron chi connectivity index (χ4n) is 2.99. The molecular formula is C19H27NO4. The second kappa shape index (κ2) is 10.1. The Kier molecular flexibility index (Phi) is 7.75. The molecule has 5 heteroatoms. The fourth-order valence-corrected chi connectivity index (χ4v) is 2.99. The number of rotatable bonds is 12. The van der Waals surface area contributed by atoms with Crippen LogP contribution in [0.2, 0.25) is 0 Å². The average Bonchev–Trinajstić information content (AvgIpc) is 2.89. The van der Waals surface area contributed by atoms with Crippen molar-refractivity contribution in [3.63, 3.8) is 0 Å². The molecule has 1 heterocycles. The summed E-state index contributed by atoms with van der Waals surface area (Å²) in [7, 11) is 0. The third kappa shape index (κ3) is 5.96. The van der Waals surface area contributed by atoms with Crippen LogP contribution in [0.1, 0.15) is 79.9 Å². The highest BCUT2D eigenvalue weighted by Crippen LogP contribution is 2.28. The molecule has 1 atom stereocenters. The van der Waals surface area contributed by atoms with E-state index in [-0.39, 0.29) is 12.2 Å². The van der Waals surface area contributed by atoms with Gasteiger partial charge in [0.2, 0.25) is 0 Å². The Morgan fingerprint density at radius 1 is 1.00 bits per heavy atom. The lowest BCUT2D eigenvalue weighted by Gasteiger charge is -2.12. The zero-order valence-electron chi connectivity index (χ0n) is 14.1. The maximum absolute atomic E-state index is 11.7. The second-order valence-corrected chi connectivity index (χ2v) is 6.30. The molecule has 0 saturated carbocycles. The van der Waals surface area contributed by atoms with E-state index in [0.29, 0.717) is 12.0 Å². The molecule has 0 amide bonds. The van der Waals surface area contributed by atoms with Crippen LogP contribution in [0.5, 0.6) is 0 Å². The van der Waals surface area contributed by atoms with E-state index in [2.05, 4.69) is 5.32 Å². The van der Waals surface area contributed by atoms with E-state index < -0.39 is 5.97 Å². The number of cyclic esters (lactones) is 1. The average molecular weight is 333 g/mol. The zero-order chi connectivity index (χ0) is 17.2. The number of unbranched alkanes of at least 4 members (excludes halogenated alkanes) is 7. The van der Waals surface area contributed by atoms with E-state index in [1.165, 1.54) is 19.3 Å². The van der Waals surface area contributed by atoms with Crippen molar-refractivity contribution in [2.45, 2.75) is 64.0 Å². The third-order valence-corrected chi connectivity index (χ3v) is 4.34. The first kappa shape index (κ1) is 18.5. The van der Waals surface area contributed by atoms with Gasteiger partial charge in [0.1, 0.15) is 0 Å². The minimum absolute atomic E-state index is 0.244. The lowest BCUT2D eigenvalue weighted by atomic mass is 10.1. The Balaban J connectivity index is 1.47. The summed E-state index contributed by atoms with van der Waals surface area (Å²) >= 11 is 0. The van der Waals surface area contributed by atoms with Gasteiger partial charge in [0.15, 0.2) is 6.23 Å². The SMILES string of the molecule is O=C(O)CCCCCCCCCCNC1OC(=O)c2ccccc21. The molecule has 1 aliphatic rings. The molecule has 5 nitrogen and oxygen atoms in total. The number of benzene rings is 1. The highest BCUT2D eigenvalue weighted by atomic mass is 16.6. The largest absolute Gasteiger partial charge is 0.481 e. The molecule has 1 aromatic rings. The van der Waals surface area contributed by atoms with Crippen LogP contribution in [-0.4, -0.2) is 23.6 Å². The predicted molar refractivity (Wildman–Crippen MR) is 91.8 cm³/mol. The molecule has 0 aromatic heterocycles. The number of carbonyl (C=O) groups excluding carboxylic acids is 1. The smallest absolute Gasteiger partial charge is 0.340 e. The molecular weight excluding hydrogens is 306 g/mol. The standard InChI is InChI=1S/C19H27NO4/c21-17(22)13-7-5-3-1-2-4-6-10-14-20-18-15-11-8-9-12-16(15)19(23)24-18/h8-9,11-12,18,20H,1-7,10,13-14H2,(H,21,22). The quantitative estimate of drug-likeness (QED) is 0.446. The number of hydrogen-bond acceptors (Lipinski definition) is 4. The van der Waals surface area contributed by atoms with Gasteiger partial charge in [-0.2, -0.15) is 0 Å². The van der Waals surface area contributed by atoms with Gasteiger partial charge in [-0.15, -0.1) is 0 Å². The van der Waals surface area contributed by atoms with Crippen LogP contribution in [0, 0.1) is 0 Å². The van der Waals surface area contributed by atoms with Gasteiger partial charge in [-0.3, -0.25) is 10.1 Å². The Morgan fingerprint density at radius 2 is 1.62 bits per heavy atom. The van der Waals surface area contributed by atoms with Gasteiger partial charge in [0, 0.05) is 12.0 Å². The topological polar surface area (TPSA) is 75.6 Å². The van der Waals surface area contributed by atoms with Crippen LogP contribution in [0.3, 0.4) is 0 Å². The first-order valence-electron chi connectivity index (χ1n) is 8.93. The van der Waals surface area contributed by atoms with Crippen molar-refractivity contribution in [3.05, 3.63) is 35.4 Å². The molecule has 1 unspecified atom stereocenters. The summed E-state index contributed by atoms with van der Waals surface area (Å²) in [5, 5.41) is 11.8. The number of ether oxygens (including phenoxy) is 1. The number of fused-ring (bicyclic) bond motifs is 1. The van der Waals surface area contributed by atoms with Crippen molar-refractivity contribution < 1.29 is 19.4 Å². The van der Waals surface area contributed by atoms with Crippen LogP contribution in [0.4, 0.5) is 0 Å². The molecule has 0 spiro atoms. The van der Waals surface area contributed by atoms with Gasteiger partial charge in [-0.05, 0) is 25.5 Å². The second-order valence-electron chi connectivity index (χ2n) is 6.30. The summed E-state index contributed by atoms with van der Waals surface area (Å²) < 4.78 is 5.34. The molecule has 132 valence electrons. The maximum atomic E-state index is 11.7. The Bertz CT molecular complexity index is 544. The normalized spacial score (nSPS) is 16.0. The summed E-state index contributed by atoms with van der Waals surface area (Å²) in [5.41, 5.74) is 1.60. The van der Waals surface area contributed by atoms with E-state index in [9.17, 15) is 9.59 Å². The highest BCUT2D eigenvalue weighted by Gasteiger charge is 2.29. The minimum Gasteiger partial charge on any atom is -0.481 e. The third-order valence-electron chi connectivity index (χ3n) is 4.34. The van der Waals surface area contributed by atoms with Crippen molar-refractivity contribution in [3.8, 4) is 0 Å². The first-order chi connectivity index (χ1) is 11.7. The molecule has 0 radical (unpaired) electrons. The van der Waals surface area contributed by atoms with Crippen molar-refractivity contribution in [1.82, 2.24) is 5.32 Å². The minimum atomic E-state index is -0.696. The molecule has 1 aromatic carbocycles. The fraction of sp³-hybridized carbons (Fsp3) is 0.579. The lowest BCUT2D eigenvalue weighted by Crippen LogP contribution is -2.22. The zero-order valence-corrected chi connectivity index (χ0v) is 14.1. The number of nitrogens with one attached hydrogen (secondary N) is 1. The van der Waals surface area contributed by atoms with E-state index >= 15 is 0 Å². The molecule has 2 N–H and O–H groups in total. The van der Waals surface area contributed by atoms with Crippen molar-refractivity contribution >= 4 is 11.9 Å². The predicted octanol–water partition coefficient (Wildman–Crippen LogP) is 4.04. The molecule has 0 aliphatic carbocycles. The Hall–Kier alpha value is -1.88. The lowest BCUT2D eigenvalue weighted by molar-refractivity contribution is -0.137. The van der Waals surface area contributed by atoms with Gasteiger partial charge in [0.05, 0.1) is 5.56 Å². The summed E-state index contributed by atoms with van der Waals surface area (Å²) in [5.74, 6) is -0.941. The molecule has 0 fully saturated rings. The van der Waals surface area contributed by atoms with Gasteiger partial charge >= 0.3 is 11.9 Å². The summed E-state index contributed by atoms with van der Waals surface area (Å²) in [6, 6.07) is 7.51. The highest BCUT2D eigenvalue weighted by molar-refractivity contribution is 5.93. The van der Waals surface area contributed by atoms with Gasteiger partial charge in [-0.25, -0.2) is 4.79 Å². The summed E-state index contributed by atoms with van der Waals surface area (Å²) in [6.45, 7) is 0.838. The van der Waals surface area contributed by atoms with E-state index in [1.807, 2.05) is 18.2 Å². The number of carboxylic acids is 1. The monoisotopic (exact) mass is 333 g/mol. The summed E-state index contributed by atoms with van der Waals surface area (Å²) in [6.07, 6.45) is 8.72. The number of aliphatic carboxylic acids is 1. The van der Waals surface area contributed by atoms with Gasteiger partial charge in [-0.1, -0.05) is 56.7 Å². The summed E-state index contributed by atoms with van der Waals surface area (Å²) in [4.78, 5) is 22.1. The van der Waals surface area contributed by atoms with Crippen LogP contribution >= 0.6 is 0 Å². The van der Waals surface area contributed by atoms with Crippen LogP contribution in [0.15, 0.2) is 24.3 Å². The Morgan fingerprint density at radius 3 is 2.33 bits per heavy atom. The van der Waals surface area contributed by atoms with E-state index in [4.69, 9.17) is 9.84 Å². The first-order valence-corrected chi connectivity index (χ1v) is 8.93. The van der Waals surface area contributed by atoms with Crippen LogP contribution in [0.25, 0.3) is 0 Å². The van der Waals surface area contributed by atoms with E-state index in [0.717, 1.165) is 44.2 Å². The number of carboxylic acid groups (broad SMARTS) is 1. The molecule has 1 aliphatic heterocycles. The van der Waals surface area contributed by atoms with Gasteiger partial charge < -0.3 is 9.84 Å². The molecule has 2 rings (SSSR count). The van der Waals surface area contributed by atoms with Crippen molar-refractivity contribution in [2.75, 3.05) is 6.54 Å². The number of esters is 1.